The molecule has 0 saturated carbocycles. The molecule has 1 aliphatic heterocycles. The lowest BCUT2D eigenvalue weighted by Crippen LogP contribution is -2.43. The van der Waals surface area contributed by atoms with E-state index in [2.05, 4.69) is 5.32 Å². The zero-order valence-electron chi connectivity index (χ0n) is 18.1. The first-order valence-corrected chi connectivity index (χ1v) is 10.3. The van der Waals surface area contributed by atoms with Crippen molar-refractivity contribution in [2.24, 2.45) is 5.92 Å². The van der Waals surface area contributed by atoms with Gasteiger partial charge in [0.25, 0.3) is 11.8 Å². The van der Waals surface area contributed by atoms with E-state index in [-0.39, 0.29) is 23.5 Å². The molecule has 0 spiro atoms. The molecule has 1 atom stereocenters. The molecule has 31 heavy (non-hydrogen) atoms. The van der Waals surface area contributed by atoms with E-state index < -0.39 is 0 Å². The zero-order chi connectivity index (χ0) is 22.4. The normalized spacial score (nSPS) is 15.8. The van der Waals surface area contributed by atoms with Crippen molar-refractivity contribution < 1.29 is 23.9 Å². The molecule has 0 aliphatic carbocycles. The number of hydrogen-bond acceptors (Lipinski definition) is 5. The Balaban J connectivity index is 1.59. The van der Waals surface area contributed by atoms with Crippen LogP contribution in [0.15, 0.2) is 42.5 Å². The number of benzene rings is 2. The molecule has 0 aromatic heterocycles. The summed E-state index contributed by atoms with van der Waals surface area (Å²) < 4.78 is 10.4. The number of amides is 2. The largest absolute Gasteiger partial charge is 0.497 e. The number of rotatable bonds is 7. The maximum Gasteiger partial charge on any atom is 0.253 e. The average molecular weight is 424 g/mol. The standard InChI is InChI=1S/C24H28N2O5/c1-16(27)18-6-8-19(9-7-18)24(29)26-10-4-5-17(15-26)14-25-23(28)20-11-21(30-2)13-22(12-20)31-3/h6-9,11-13,17H,4-5,10,14-15H2,1-3H3,(H,25,28). The topological polar surface area (TPSA) is 84.9 Å². The third kappa shape index (κ3) is 5.63. The maximum absolute atomic E-state index is 12.9. The molecule has 1 saturated heterocycles. The summed E-state index contributed by atoms with van der Waals surface area (Å²) in [5, 5.41) is 2.96. The average Bonchev–Trinajstić information content (AvgIpc) is 2.81. The Morgan fingerprint density at radius 3 is 2.16 bits per heavy atom. The summed E-state index contributed by atoms with van der Waals surface area (Å²) in [5.41, 5.74) is 1.62. The van der Waals surface area contributed by atoms with Crippen molar-refractivity contribution in [1.29, 1.82) is 0 Å². The third-order valence-electron chi connectivity index (χ3n) is 5.51. The molecule has 164 valence electrons. The number of Topliss-reactive ketones (excluding diaryl/α,β-unsaturated/α-hetero) is 1. The molecule has 2 aromatic rings. The highest BCUT2D eigenvalue weighted by molar-refractivity contribution is 5.98. The van der Waals surface area contributed by atoms with Crippen LogP contribution in [0.3, 0.4) is 0 Å². The van der Waals surface area contributed by atoms with Crippen LogP contribution in [0.4, 0.5) is 0 Å². The van der Waals surface area contributed by atoms with E-state index in [9.17, 15) is 14.4 Å². The quantitative estimate of drug-likeness (QED) is 0.690. The first kappa shape index (κ1) is 22.3. The SMILES string of the molecule is COc1cc(OC)cc(C(=O)NCC2CCCN(C(=O)c3ccc(C(C)=O)cc3)C2)c1. The number of carbonyl (C=O) groups is 3. The highest BCUT2D eigenvalue weighted by atomic mass is 16.5. The highest BCUT2D eigenvalue weighted by Gasteiger charge is 2.25. The van der Waals surface area contributed by atoms with Crippen LogP contribution in [0.25, 0.3) is 0 Å². The van der Waals surface area contributed by atoms with E-state index in [4.69, 9.17) is 9.47 Å². The van der Waals surface area contributed by atoms with Gasteiger partial charge in [0.05, 0.1) is 14.2 Å². The van der Waals surface area contributed by atoms with Gasteiger partial charge >= 0.3 is 0 Å². The molecular weight excluding hydrogens is 396 g/mol. The maximum atomic E-state index is 12.9. The lowest BCUT2D eigenvalue weighted by Gasteiger charge is -2.33. The fraction of sp³-hybridized carbons (Fsp3) is 0.375. The number of ketones is 1. The minimum atomic E-state index is -0.208. The molecular formula is C24H28N2O5. The summed E-state index contributed by atoms with van der Waals surface area (Å²) in [6.07, 6.45) is 1.82. The number of ether oxygens (including phenoxy) is 2. The van der Waals surface area contributed by atoms with E-state index in [0.29, 0.717) is 47.8 Å². The van der Waals surface area contributed by atoms with Crippen molar-refractivity contribution in [3.8, 4) is 11.5 Å². The van der Waals surface area contributed by atoms with Gasteiger partial charge in [-0.2, -0.15) is 0 Å². The summed E-state index contributed by atoms with van der Waals surface area (Å²) >= 11 is 0. The molecule has 7 nitrogen and oxygen atoms in total. The van der Waals surface area contributed by atoms with Gasteiger partial charge in [0, 0.05) is 42.4 Å². The Morgan fingerprint density at radius 2 is 1.58 bits per heavy atom. The molecule has 1 aliphatic rings. The van der Waals surface area contributed by atoms with Crippen LogP contribution >= 0.6 is 0 Å². The summed E-state index contributed by atoms with van der Waals surface area (Å²) in [5.74, 6) is 0.987. The first-order chi connectivity index (χ1) is 14.9. The molecule has 3 rings (SSSR count). The summed E-state index contributed by atoms with van der Waals surface area (Å²) in [7, 11) is 3.08. The smallest absolute Gasteiger partial charge is 0.253 e. The molecule has 2 aromatic carbocycles. The second-order valence-electron chi connectivity index (χ2n) is 7.70. The molecule has 1 N–H and O–H groups in total. The Morgan fingerprint density at radius 1 is 0.968 bits per heavy atom. The van der Waals surface area contributed by atoms with Crippen LogP contribution in [0, 0.1) is 5.92 Å². The fourth-order valence-electron chi connectivity index (χ4n) is 3.72. The highest BCUT2D eigenvalue weighted by Crippen LogP contribution is 2.23. The van der Waals surface area contributed by atoms with E-state index in [1.54, 1.807) is 42.5 Å². The predicted molar refractivity (Wildman–Crippen MR) is 117 cm³/mol. The van der Waals surface area contributed by atoms with Crippen LogP contribution in [0.1, 0.15) is 50.8 Å². The molecule has 0 bridgehead atoms. The van der Waals surface area contributed by atoms with Gasteiger partial charge < -0.3 is 19.7 Å². The lowest BCUT2D eigenvalue weighted by atomic mass is 9.97. The second-order valence-corrected chi connectivity index (χ2v) is 7.70. The van der Waals surface area contributed by atoms with Gasteiger partial charge in [0.2, 0.25) is 0 Å². The van der Waals surface area contributed by atoms with E-state index in [1.807, 2.05) is 4.90 Å². The lowest BCUT2D eigenvalue weighted by molar-refractivity contribution is 0.0670. The van der Waals surface area contributed by atoms with Gasteiger partial charge in [0.15, 0.2) is 5.78 Å². The van der Waals surface area contributed by atoms with Crippen LogP contribution in [0.5, 0.6) is 11.5 Å². The predicted octanol–water partition coefficient (Wildman–Crippen LogP) is 3.19. The van der Waals surface area contributed by atoms with Crippen LogP contribution in [-0.2, 0) is 0 Å². The minimum absolute atomic E-state index is 0.0265. The molecule has 1 unspecified atom stereocenters. The molecule has 1 fully saturated rings. The van der Waals surface area contributed by atoms with Gasteiger partial charge in [-0.1, -0.05) is 12.1 Å². The number of nitrogens with zero attached hydrogens (tertiary/aromatic N) is 1. The van der Waals surface area contributed by atoms with Crippen LogP contribution in [0.2, 0.25) is 0 Å². The number of nitrogens with one attached hydrogen (secondary N) is 1. The Labute approximate surface area is 182 Å². The number of piperidine rings is 1. The van der Waals surface area contributed by atoms with E-state index >= 15 is 0 Å². The number of hydrogen-bond donors (Lipinski definition) is 1. The third-order valence-corrected chi connectivity index (χ3v) is 5.51. The Bertz CT molecular complexity index is 933. The minimum Gasteiger partial charge on any atom is -0.497 e. The van der Waals surface area contributed by atoms with Crippen molar-refractivity contribution >= 4 is 17.6 Å². The van der Waals surface area contributed by atoms with Gasteiger partial charge in [-0.05, 0) is 49.9 Å². The van der Waals surface area contributed by atoms with Gasteiger partial charge in [-0.15, -0.1) is 0 Å². The Hall–Kier alpha value is -3.35. The second kappa shape index (κ2) is 10.1. The van der Waals surface area contributed by atoms with Crippen LogP contribution in [-0.4, -0.2) is 56.4 Å². The summed E-state index contributed by atoms with van der Waals surface area (Å²) in [6, 6.07) is 11.8. The van der Waals surface area contributed by atoms with Gasteiger partial charge in [-0.25, -0.2) is 0 Å². The number of carbonyl (C=O) groups excluding carboxylic acids is 3. The Kier molecular flexibility index (Phi) is 7.28. The first-order valence-electron chi connectivity index (χ1n) is 10.3. The van der Waals surface area contributed by atoms with Gasteiger partial charge in [0.1, 0.15) is 11.5 Å². The van der Waals surface area contributed by atoms with Crippen molar-refractivity contribution in [3.63, 3.8) is 0 Å². The van der Waals surface area contributed by atoms with Crippen molar-refractivity contribution in [2.75, 3.05) is 33.9 Å². The van der Waals surface area contributed by atoms with Crippen molar-refractivity contribution in [1.82, 2.24) is 10.2 Å². The molecule has 0 radical (unpaired) electrons. The van der Waals surface area contributed by atoms with Gasteiger partial charge in [-0.3, -0.25) is 14.4 Å². The molecule has 1 heterocycles. The van der Waals surface area contributed by atoms with Crippen LogP contribution < -0.4 is 14.8 Å². The van der Waals surface area contributed by atoms with E-state index in [0.717, 1.165) is 12.8 Å². The number of methoxy groups -OCH3 is 2. The number of likely N-dealkylation sites (tertiary alicyclic amines) is 1. The summed E-state index contributed by atoms with van der Waals surface area (Å²) in [6.45, 7) is 3.24. The van der Waals surface area contributed by atoms with E-state index in [1.165, 1.54) is 21.1 Å². The fourth-order valence-corrected chi connectivity index (χ4v) is 3.72. The van der Waals surface area contributed by atoms with Crippen molar-refractivity contribution in [3.05, 3.63) is 59.2 Å². The van der Waals surface area contributed by atoms with Crippen molar-refractivity contribution in [2.45, 2.75) is 19.8 Å². The molecule has 2 amide bonds. The molecule has 7 heteroatoms. The summed E-state index contributed by atoms with van der Waals surface area (Å²) in [4.78, 5) is 38.7. The zero-order valence-corrected chi connectivity index (χ0v) is 18.1. The monoisotopic (exact) mass is 424 g/mol.